The zero-order chi connectivity index (χ0) is 10.6. The smallest absolute Gasteiger partial charge is 0.109 e. The first-order valence-corrected chi connectivity index (χ1v) is 5.93. The first-order chi connectivity index (χ1) is 6.58. The molecule has 0 saturated heterocycles. The number of rotatable bonds is 5. The predicted octanol–water partition coefficient (Wildman–Crippen LogP) is 2.26. The second-order valence-electron chi connectivity index (χ2n) is 3.88. The van der Waals surface area contributed by atoms with Crippen molar-refractivity contribution >= 4 is 11.3 Å². The summed E-state index contributed by atoms with van der Waals surface area (Å²) < 4.78 is 0. The third-order valence-electron chi connectivity index (χ3n) is 2.25. The van der Waals surface area contributed by atoms with Crippen LogP contribution in [-0.4, -0.2) is 18.2 Å². The minimum Gasteiger partial charge on any atom is -0.383 e. The van der Waals surface area contributed by atoms with Gasteiger partial charge in [0.2, 0.25) is 0 Å². The highest BCUT2D eigenvalue weighted by Gasteiger charge is 2.25. The number of aryl methyl sites for hydroxylation is 1. The van der Waals surface area contributed by atoms with Crippen LogP contribution in [0.4, 0.5) is 0 Å². The summed E-state index contributed by atoms with van der Waals surface area (Å²) in [5.41, 5.74) is 0.450. The molecule has 0 spiro atoms. The van der Waals surface area contributed by atoms with E-state index in [1.165, 1.54) is 5.56 Å². The van der Waals surface area contributed by atoms with Gasteiger partial charge in [0.05, 0.1) is 0 Å². The van der Waals surface area contributed by atoms with E-state index in [1.54, 1.807) is 11.3 Å². The Morgan fingerprint density at radius 1 is 1.57 bits per heavy atom. The molecule has 0 aliphatic rings. The Morgan fingerprint density at radius 3 is 2.79 bits per heavy atom. The van der Waals surface area contributed by atoms with Crippen molar-refractivity contribution in [3.8, 4) is 0 Å². The second kappa shape index (κ2) is 4.91. The van der Waals surface area contributed by atoms with Crippen molar-refractivity contribution in [1.29, 1.82) is 0 Å². The van der Waals surface area contributed by atoms with Crippen LogP contribution in [0.3, 0.4) is 0 Å². The van der Waals surface area contributed by atoms with Crippen molar-refractivity contribution in [3.05, 3.63) is 21.9 Å². The van der Waals surface area contributed by atoms with E-state index in [0.717, 1.165) is 17.8 Å². The van der Waals surface area contributed by atoms with Gasteiger partial charge in [-0.15, -0.1) is 11.3 Å². The fraction of sp³-hybridized carbons (Fsp3) is 0.636. The quantitative estimate of drug-likeness (QED) is 0.735. The van der Waals surface area contributed by atoms with Crippen molar-refractivity contribution in [3.63, 3.8) is 0 Å². The maximum Gasteiger partial charge on any atom is 0.109 e. The van der Waals surface area contributed by atoms with Crippen LogP contribution in [0.2, 0.25) is 0 Å². The molecule has 1 aromatic heterocycles. The molecule has 1 aromatic rings. The minimum atomic E-state index is -0.729. The summed E-state index contributed by atoms with van der Waals surface area (Å²) in [6, 6.07) is 2.05. The fourth-order valence-corrected chi connectivity index (χ4v) is 2.50. The van der Waals surface area contributed by atoms with Crippen LogP contribution < -0.4 is 5.32 Å². The van der Waals surface area contributed by atoms with E-state index in [2.05, 4.69) is 12.2 Å². The highest BCUT2D eigenvalue weighted by Crippen LogP contribution is 2.28. The van der Waals surface area contributed by atoms with E-state index in [-0.39, 0.29) is 0 Å². The molecule has 80 valence electrons. The van der Waals surface area contributed by atoms with Crippen molar-refractivity contribution in [1.82, 2.24) is 5.32 Å². The maximum atomic E-state index is 10.2. The van der Waals surface area contributed by atoms with Gasteiger partial charge in [0.15, 0.2) is 0 Å². The Kier molecular flexibility index (Phi) is 4.11. The SMILES string of the molecule is CCCNCC(C)(O)c1sccc1C. The van der Waals surface area contributed by atoms with Crippen molar-refractivity contribution in [2.24, 2.45) is 0 Å². The van der Waals surface area contributed by atoms with Crippen LogP contribution in [0, 0.1) is 6.92 Å². The highest BCUT2D eigenvalue weighted by molar-refractivity contribution is 7.10. The lowest BCUT2D eigenvalue weighted by Crippen LogP contribution is -2.35. The molecule has 0 fully saturated rings. The van der Waals surface area contributed by atoms with Gasteiger partial charge in [0, 0.05) is 11.4 Å². The predicted molar refractivity (Wildman–Crippen MR) is 61.8 cm³/mol. The zero-order valence-corrected chi connectivity index (χ0v) is 9.95. The van der Waals surface area contributed by atoms with Gasteiger partial charge in [-0.1, -0.05) is 6.92 Å². The molecule has 2 N–H and O–H groups in total. The molecule has 1 heterocycles. The lowest BCUT2D eigenvalue weighted by Gasteiger charge is -2.23. The maximum absolute atomic E-state index is 10.2. The molecule has 14 heavy (non-hydrogen) atoms. The zero-order valence-electron chi connectivity index (χ0n) is 9.13. The van der Waals surface area contributed by atoms with Gasteiger partial charge in [-0.3, -0.25) is 0 Å². The molecular weight excluding hydrogens is 194 g/mol. The monoisotopic (exact) mass is 213 g/mol. The van der Waals surface area contributed by atoms with Gasteiger partial charge in [-0.2, -0.15) is 0 Å². The van der Waals surface area contributed by atoms with E-state index >= 15 is 0 Å². The molecule has 1 rings (SSSR count). The van der Waals surface area contributed by atoms with Crippen LogP contribution in [0.1, 0.15) is 30.7 Å². The minimum absolute atomic E-state index is 0.627. The van der Waals surface area contributed by atoms with Crippen LogP contribution in [0.5, 0.6) is 0 Å². The van der Waals surface area contributed by atoms with Gasteiger partial charge in [-0.25, -0.2) is 0 Å². The number of hydrogen-bond acceptors (Lipinski definition) is 3. The average molecular weight is 213 g/mol. The van der Waals surface area contributed by atoms with E-state index in [4.69, 9.17) is 0 Å². The summed E-state index contributed by atoms with van der Waals surface area (Å²) in [7, 11) is 0. The molecule has 0 radical (unpaired) electrons. The van der Waals surface area contributed by atoms with Crippen molar-refractivity contribution in [2.45, 2.75) is 32.8 Å². The number of thiophene rings is 1. The molecule has 0 aromatic carbocycles. The Balaban J connectivity index is 2.61. The molecule has 2 nitrogen and oxygen atoms in total. The largest absolute Gasteiger partial charge is 0.383 e. The molecule has 3 heteroatoms. The normalized spacial score (nSPS) is 15.4. The molecule has 0 saturated carbocycles. The van der Waals surface area contributed by atoms with Crippen LogP contribution in [0.25, 0.3) is 0 Å². The van der Waals surface area contributed by atoms with Crippen LogP contribution in [0.15, 0.2) is 11.4 Å². The molecule has 0 aliphatic carbocycles. The Bertz CT molecular complexity index is 281. The number of hydrogen-bond donors (Lipinski definition) is 2. The van der Waals surface area contributed by atoms with Crippen LogP contribution in [-0.2, 0) is 5.60 Å². The Labute approximate surface area is 90.0 Å². The van der Waals surface area contributed by atoms with Gasteiger partial charge >= 0.3 is 0 Å². The first kappa shape index (κ1) is 11.7. The molecule has 1 unspecified atom stereocenters. The second-order valence-corrected chi connectivity index (χ2v) is 4.80. The van der Waals surface area contributed by atoms with Gasteiger partial charge in [0.25, 0.3) is 0 Å². The first-order valence-electron chi connectivity index (χ1n) is 5.05. The number of aliphatic hydroxyl groups is 1. The van der Waals surface area contributed by atoms with Crippen molar-refractivity contribution < 1.29 is 5.11 Å². The lowest BCUT2D eigenvalue weighted by molar-refractivity contribution is 0.0604. The molecule has 0 bridgehead atoms. The Hall–Kier alpha value is -0.380. The summed E-state index contributed by atoms with van der Waals surface area (Å²) in [5, 5.41) is 15.5. The summed E-state index contributed by atoms with van der Waals surface area (Å²) >= 11 is 1.62. The topological polar surface area (TPSA) is 32.3 Å². The van der Waals surface area contributed by atoms with Gasteiger partial charge in [-0.05, 0) is 43.8 Å². The molecule has 0 aliphatic heterocycles. The third kappa shape index (κ3) is 2.80. The molecular formula is C11H19NOS. The Morgan fingerprint density at radius 2 is 2.29 bits per heavy atom. The molecule has 0 amide bonds. The van der Waals surface area contributed by atoms with Gasteiger partial charge in [0.1, 0.15) is 5.60 Å². The standard InChI is InChI=1S/C11H19NOS/c1-4-6-12-8-11(3,13)10-9(2)5-7-14-10/h5,7,12-13H,4,6,8H2,1-3H3. The summed E-state index contributed by atoms with van der Waals surface area (Å²) in [6.07, 6.45) is 1.10. The third-order valence-corrected chi connectivity index (χ3v) is 3.52. The number of nitrogens with one attached hydrogen (secondary N) is 1. The summed E-state index contributed by atoms with van der Waals surface area (Å²) in [6.45, 7) is 7.62. The summed E-state index contributed by atoms with van der Waals surface area (Å²) in [4.78, 5) is 1.07. The van der Waals surface area contributed by atoms with E-state index < -0.39 is 5.60 Å². The molecule has 1 atom stereocenters. The average Bonchev–Trinajstić information content (AvgIpc) is 2.52. The van der Waals surface area contributed by atoms with E-state index in [9.17, 15) is 5.11 Å². The highest BCUT2D eigenvalue weighted by atomic mass is 32.1. The summed E-state index contributed by atoms with van der Waals surface area (Å²) in [5.74, 6) is 0. The lowest BCUT2D eigenvalue weighted by atomic mass is 10.0. The van der Waals surface area contributed by atoms with Crippen LogP contribution >= 0.6 is 11.3 Å². The van der Waals surface area contributed by atoms with E-state index in [1.807, 2.05) is 25.3 Å². The van der Waals surface area contributed by atoms with Crippen molar-refractivity contribution in [2.75, 3.05) is 13.1 Å². The fourth-order valence-electron chi connectivity index (χ4n) is 1.51. The van der Waals surface area contributed by atoms with E-state index in [0.29, 0.717) is 6.54 Å². The van der Waals surface area contributed by atoms with Gasteiger partial charge < -0.3 is 10.4 Å².